The maximum Gasteiger partial charge on any atom is 0.413 e. The van der Waals surface area contributed by atoms with Gasteiger partial charge in [-0.2, -0.15) is 0 Å². The average molecular weight is 496 g/mol. The molecule has 0 aromatic carbocycles. The minimum absolute atomic E-state index is 0.00271. The fourth-order valence-corrected chi connectivity index (χ4v) is 4.63. The lowest BCUT2D eigenvalue weighted by Gasteiger charge is -2.37. The lowest BCUT2D eigenvalue weighted by atomic mass is 10.0. The number of carbonyl (C=O) groups is 2. The van der Waals surface area contributed by atoms with E-state index in [-0.39, 0.29) is 18.1 Å². The van der Waals surface area contributed by atoms with Crippen LogP contribution >= 0.6 is 0 Å². The van der Waals surface area contributed by atoms with E-state index in [1.165, 1.54) is 0 Å². The summed E-state index contributed by atoms with van der Waals surface area (Å²) in [6.07, 6.45) is 7.03. The van der Waals surface area contributed by atoms with Crippen molar-refractivity contribution in [3.8, 4) is 0 Å². The van der Waals surface area contributed by atoms with Crippen LogP contribution in [-0.4, -0.2) is 75.8 Å². The molecule has 0 bridgehead atoms. The highest BCUT2D eigenvalue weighted by atomic mass is 16.6. The van der Waals surface area contributed by atoms with E-state index in [1.807, 2.05) is 49.9 Å². The van der Waals surface area contributed by atoms with Crippen LogP contribution in [0.2, 0.25) is 0 Å². The lowest BCUT2D eigenvalue weighted by molar-refractivity contribution is -0.0629. The van der Waals surface area contributed by atoms with Gasteiger partial charge in [0.15, 0.2) is 0 Å². The van der Waals surface area contributed by atoms with Crippen molar-refractivity contribution >= 4 is 17.8 Å². The van der Waals surface area contributed by atoms with Gasteiger partial charge in [0.05, 0.1) is 12.2 Å². The molecule has 2 aromatic heterocycles. The molecule has 36 heavy (non-hydrogen) atoms. The Bertz CT molecular complexity index is 1010. The van der Waals surface area contributed by atoms with E-state index in [4.69, 9.17) is 9.47 Å². The summed E-state index contributed by atoms with van der Waals surface area (Å²) in [5.41, 5.74) is 1.05. The summed E-state index contributed by atoms with van der Waals surface area (Å²) in [5.74, 6) is 0.496. The van der Waals surface area contributed by atoms with Crippen molar-refractivity contribution in [2.75, 3.05) is 31.5 Å². The number of aromatic nitrogens is 2. The molecule has 0 unspecified atom stereocenters. The summed E-state index contributed by atoms with van der Waals surface area (Å²) in [6, 6.07) is 9.30. The Hall–Kier alpha value is -3.04. The van der Waals surface area contributed by atoms with Crippen LogP contribution in [0.25, 0.3) is 0 Å². The van der Waals surface area contributed by atoms with Gasteiger partial charge in [-0.3, -0.25) is 20.0 Å². The fraction of sp³-hybridized carbons (Fsp3) is 0.556. The monoisotopic (exact) mass is 495 g/mol. The van der Waals surface area contributed by atoms with Gasteiger partial charge in [0, 0.05) is 45.1 Å². The standard InChI is InChI=1S/C27H37N5O4/c1-27(2,3)36-26(34)30-24-18-20(7-13-29-24)19-31-14-8-21(9-15-31)35-22-10-16-32(17-11-22)25(33)23-6-4-5-12-28-23/h4-7,12-13,18,21-22H,8-11,14-17,19H2,1-3H3,(H,29,30,34). The highest BCUT2D eigenvalue weighted by molar-refractivity contribution is 5.92. The third kappa shape index (κ3) is 7.73. The van der Waals surface area contributed by atoms with Crippen LogP contribution in [0.4, 0.5) is 10.6 Å². The number of nitrogens with one attached hydrogen (secondary N) is 1. The Morgan fingerprint density at radius 3 is 2.31 bits per heavy atom. The van der Waals surface area contributed by atoms with E-state index >= 15 is 0 Å². The summed E-state index contributed by atoms with van der Waals surface area (Å²) >= 11 is 0. The molecule has 2 aliphatic heterocycles. The van der Waals surface area contributed by atoms with Crippen molar-refractivity contribution in [3.63, 3.8) is 0 Å². The predicted molar refractivity (Wildman–Crippen MR) is 137 cm³/mol. The number of hydrogen-bond donors (Lipinski definition) is 1. The number of hydrogen-bond acceptors (Lipinski definition) is 7. The van der Waals surface area contributed by atoms with E-state index < -0.39 is 11.7 Å². The zero-order valence-corrected chi connectivity index (χ0v) is 21.5. The molecule has 9 nitrogen and oxygen atoms in total. The molecule has 2 fully saturated rings. The smallest absolute Gasteiger partial charge is 0.413 e. The summed E-state index contributed by atoms with van der Waals surface area (Å²) in [4.78, 5) is 37.3. The molecular formula is C27H37N5O4. The maximum atomic E-state index is 12.6. The molecule has 0 saturated carbocycles. The Morgan fingerprint density at radius 1 is 0.972 bits per heavy atom. The van der Waals surface area contributed by atoms with Crippen molar-refractivity contribution in [2.45, 2.75) is 70.8 Å². The van der Waals surface area contributed by atoms with Crippen molar-refractivity contribution in [1.82, 2.24) is 19.8 Å². The highest BCUT2D eigenvalue weighted by Gasteiger charge is 2.28. The molecule has 1 N–H and O–H groups in total. The maximum absolute atomic E-state index is 12.6. The normalized spacial score (nSPS) is 18.1. The minimum Gasteiger partial charge on any atom is -0.444 e. The topological polar surface area (TPSA) is 96.9 Å². The van der Waals surface area contributed by atoms with Crippen LogP contribution in [0.1, 0.15) is 62.5 Å². The molecule has 0 spiro atoms. The predicted octanol–water partition coefficient (Wildman–Crippen LogP) is 4.11. The zero-order valence-electron chi connectivity index (χ0n) is 21.5. The zero-order chi connectivity index (χ0) is 25.5. The lowest BCUT2D eigenvalue weighted by Crippen LogP contribution is -2.43. The molecule has 0 aliphatic carbocycles. The summed E-state index contributed by atoms with van der Waals surface area (Å²) in [7, 11) is 0. The Kier molecular flexibility index (Phi) is 8.53. The van der Waals surface area contributed by atoms with E-state index in [9.17, 15) is 9.59 Å². The second-order valence-electron chi connectivity index (χ2n) is 10.5. The second kappa shape index (κ2) is 11.8. The molecule has 4 heterocycles. The quantitative estimate of drug-likeness (QED) is 0.644. The molecule has 2 saturated heterocycles. The number of pyridine rings is 2. The number of likely N-dealkylation sites (tertiary alicyclic amines) is 2. The molecule has 0 atom stereocenters. The van der Waals surface area contributed by atoms with Gasteiger partial charge in [0.25, 0.3) is 5.91 Å². The van der Waals surface area contributed by atoms with Crippen molar-refractivity contribution in [2.24, 2.45) is 0 Å². The summed E-state index contributed by atoms with van der Waals surface area (Å²) in [5, 5.41) is 2.71. The van der Waals surface area contributed by atoms with Gasteiger partial charge in [0.1, 0.15) is 17.1 Å². The van der Waals surface area contributed by atoms with E-state index in [1.54, 1.807) is 18.5 Å². The first-order valence-electron chi connectivity index (χ1n) is 12.8. The van der Waals surface area contributed by atoms with Gasteiger partial charge in [-0.05, 0) is 76.3 Å². The Labute approximate surface area is 213 Å². The molecule has 2 aromatic rings. The number of ether oxygens (including phenoxy) is 2. The number of piperidine rings is 2. The van der Waals surface area contributed by atoms with Crippen LogP contribution in [0.15, 0.2) is 42.7 Å². The van der Waals surface area contributed by atoms with E-state index in [0.29, 0.717) is 24.6 Å². The first-order valence-corrected chi connectivity index (χ1v) is 12.8. The first kappa shape index (κ1) is 26.0. The largest absolute Gasteiger partial charge is 0.444 e. The molecule has 2 aliphatic rings. The van der Waals surface area contributed by atoms with E-state index in [2.05, 4.69) is 20.2 Å². The summed E-state index contributed by atoms with van der Waals surface area (Å²) in [6.45, 7) is 9.62. The number of nitrogens with zero attached hydrogens (tertiary/aromatic N) is 4. The number of rotatable bonds is 6. The number of anilines is 1. The highest BCUT2D eigenvalue weighted by Crippen LogP contribution is 2.23. The molecule has 4 rings (SSSR count). The second-order valence-corrected chi connectivity index (χ2v) is 10.5. The van der Waals surface area contributed by atoms with Crippen LogP contribution < -0.4 is 5.32 Å². The van der Waals surface area contributed by atoms with Crippen LogP contribution in [-0.2, 0) is 16.0 Å². The van der Waals surface area contributed by atoms with E-state index in [0.717, 1.165) is 50.9 Å². The van der Waals surface area contributed by atoms with Gasteiger partial charge in [0.2, 0.25) is 0 Å². The fourth-order valence-electron chi connectivity index (χ4n) is 4.63. The molecular weight excluding hydrogens is 458 g/mol. The van der Waals surface area contributed by atoms with Gasteiger partial charge >= 0.3 is 6.09 Å². The SMILES string of the molecule is CC(C)(C)OC(=O)Nc1cc(CN2CCC(OC3CCN(C(=O)c4ccccn4)CC3)CC2)ccn1. The van der Waals surface area contributed by atoms with Crippen LogP contribution in [0, 0.1) is 0 Å². The third-order valence-electron chi connectivity index (χ3n) is 6.39. The van der Waals surface area contributed by atoms with Crippen LogP contribution in [0.5, 0.6) is 0 Å². The Balaban J connectivity index is 1.17. The number of amides is 2. The molecule has 194 valence electrons. The van der Waals surface area contributed by atoms with Gasteiger partial charge < -0.3 is 14.4 Å². The van der Waals surface area contributed by atoms with Gasteiger partial charge in [-0.25, -0.2) is 9.78 Å². The van der Waals surface area contributed by atoms with Crippen molar-refractivity contribution < 1.29 is 19.1 Å². The van der Waals surface area contributed by atoms with Gasteiger partial charge in [-0.1, -0.05) is 6.07 Å². The van der Waals surface area contributed by atoms with Crippen LogP contribution in [0.3, 0.4) is 0 Å². The van der Waals surface area contributed by atoms with Crippen molar-refractivity contribution in [1.29, 1.82) is 0 Å². The Morgan fingerprint density at radius 2 is 1.67 bits per heavy atom. The average Bonchev–Trinajstić information content (AvgIpc) is 2.85. The van der Waals surface area contributed by atoms with Gasteiger partial charge in [-0.15, -0.1) is 0 Å². The molecule has 9 heteroatoms. The first-order chi connectivity index (χ1) is 17.2. The minimum atomic E-state index is -0.553. The van der Waals surface area contributed by atoms with Crippen molar-refractivity contribution in [3.05, 3.63) is 54.0 Å². The third-order valence-corrected chi connectivity index (χ3v) is 6.39. The number of carbonyl (C=O) groups excluding carboxylic acids is 2. The summed E-state index contributed by atoms with van der Waals surface area (Å²) < 4.78 is 11.7. The molecule has 2 amide bonds. The molecule has 0 radical (unpaired) electrons.